The minimum Gasteiger partial charge on any atom is -0.497 e. The minimum absolute atomic E-state index is 0.0106. The van der Waals surface area contributed by atoms with E-state index in [4.69, 9.17) is 20.9 Å². The second-order valence-electron chi connectivity index (χ2n) is 6.81. The summed E-state index contributed by atoms with van der Waals surface area (Å²) in [5.74, 6) is 0.548. The molecule has 1 N–H and O–H groups in total. The molecule has 0 radical (unpaired) electrons. The zero-order valence-corrected chi connectivity index (χ0v) is 20.2. The van der Waals surface area contributed by atoms with Crippen LogP contribution < -0.4 is 10.1 Å². The number of ether oxygens (including phenoxy) is 1. The van der Waals surface area contributed by atoms with E-state index in [1.165, 1.54) is 13.1 Å². The SMILES string of the molecule is COc1ccc(-c2noc(CN(C)S(=O)(=O)c3nnc(NC(=O)c4ccccc4Cl)s3)n2)cc1. The summed E-state index contributed by atoms with van der Waals surface area (Å²) in [6.07, 6.45) is 0. The summed E-state index contributed by atoms with van der Waals surface area (Å²) in [5.41, 5.74) is 0.911. The molecule has 0 bridgehead atoms. The summed E-state index contributed by atoms with van der Waals surface area (Å²) >= 11 is 6.72. The maximum absolute atomic E-state index is 12.9. The highest BCUT2D eigenvalue weighted by Crippen LogP contribution is 2.25. The third-order valence-electron chi connectivity index (χ3n) is 4.55. The Morgan fingerprint density at radius 3 is 2.62 bits per heavy atom. The number of nitrogens with zero attached hydrogens (tertiary/aromatic N) is 5. The Balaban J connectivity index is 1.44. The fourth-order valence-corrected chi connectivity index (χ4v) is 5.18. The highest BCUT2D eigenvalue weighted by molar-refractivity contribution is 7.91. The normalized spacial score (nSPS) is 11.5. The van der Waals surface area contributed by atoms with Crippen LogP contribution in [0.3, 0.4) is 0 Å². The van der Waals surface area contributed by atoms with Crippen molar-refractivity contribution in [1.82, 2.24) is 24.6 Å². The first kappa shape index (κ1) is 23.8. The molecule has 0 fully saturated rings. The summed E-state index contributed by atoms with van der Waals surface area (Å²) in [6, 6.07) is 13.5. The van der Waals surface area contributed by atoms with Crippen molar-refractivity contribution in [2.24, 2.45) is 0 Å². The molecule has 11 nitrogen and oxygen atoms in total. The molecule has 34 heavy (non-hydrogen) atoms. The fraction of sp³-hybridized carbons (Fsp3) is 0.150. The average molecular weight is 521 g/mol. The number of methoxy groups -OCH3 is 1. The van der Waals surface area contributed by atoms with Gasteiger partial charge in [0.05, 0.1) is 24.2 Å². The van der Waals surface area contributed by atoms with Gasteiger partial charge in [-0.15, -0.1) is 10.2 Å². The van der Waals surface area contributed by atoms with Crippen molar-refractivity contribution in [3.05, 3.63) is 65.0 Å². The topological polar surface area (TPSA) is 140 Å². The van der Waals surface area contributed by atoms with Gasteiger partial charge in [-0.05, 0) is 36.4 Å². The van der Waals surface area contributed by atoms with Gasteiger partial charge in [0.15, 0.2) is 0 Å². The van der Waals surface area contributed by atoms with Gasteiger partial charge < -0.3 is 9.26 Å². The van der Waals surface area contributed by atoms with Gasteiger partial charge in [0.1, 0.15) is 5.75 Å². The van der Waals surface area contributed by atoms with Crippen molar-refractivity contribution in [1.29, 1.82) is 0 Å². The van der Waals surface area contributed by atoms with E-state index < -0.39 is 15.9 Å². The maximum Gasteiger partial charge on any atom is 0.272 e. The average Bonchev–Trinajstić information content (AvgIpc) is 3.49. The van der Waals surface area contributed by atoms with Crippen LogP contribution in [0.4, 0.5) is 5.13 Å². The summed E-state index contributed by atoms with van der Waals surface area (Å²) < 4.78 is 36.8. The predicted octanol–water partition coefficient (Wildman–Crippen LogP) is 3.32. The van der Waals surface area contributed by atoms with E-state index >= 15 is 0 Å². The number of hydrogen-bond donors (Lipinski definition) is 1. The molecule has 0 aliphatic rings. The van der Waals surface area contributed by atoms with Gasteiger partial charge in [-0.25, -0.2) is 8.42 Å². The molecule has 0 aliphatic heterocycles. The first-order chi connectivity index (χ1) is 16.3. The molecule has 176 valence electrons. The number of halogens is 1. The van der Waals surface area contributed by atoms with Crippen LogP contribution in [0.2, 0.25) is 5.02 Å². The molecule has 0 unspecified atom stereocenters. The smallest absolute Gasteiger partial charge is 0.272 e. The van der Waals surface area contributed by atoms with Gasteiger partial charge in [0.2, 0.25) is 21.2 Å². The Hall–Kier alpha value is -3.39. The molecule has 2 aromatic heterocycles. The second-order valence-corrected chi connectivity index (χ2v) is 10.4. The molecule has 14 heteroatoms. The van der Waals surface area contributed by atoms with Crippen molar-refractivity contribution >= 4 is 44.0 Å². The highest BCUT2D eigenvalue weighted by atomic mass is 35.5. The predicted molar refractivity (Wildman–Crippen MR) is 124 cm³/mol. The van der Waals surface area contributed by atoms with Crippen LogP contribution in [0.5, 0.6) is 5.75 Å². The summed E-state index contributed by atoms with van der Waals surface area (Å²) in [4.78, 5) is 16.6. The van der Waals surface area contributed by atoms with Crippen LogP contribution in [0.15, 0.2) is 57.4 Å². The van der Waals surface area contributed by atoms with Crippen LogP contribution in [0.25, 0.3) is 11.4 Å². The number of benzene rings is 2. The molecular formula is C20H17ClN6O5S2. The number of amides is 1. The maximum atomic E-state index is 12.9. The van der Waals surface area contributed by atoms with Crippen LogP contribution in [-0.2, 0) is 16.6 Å². The summed E-state index contributed by atoms with van der Waals surface area (Å²) in [6.45, 7) is -0.188. The number of sulfonamides is 1. The first-order valence-electron chi connectivity index (χ1n) is 9.60. The standard InChI is InChI=1S/C20H17ClN6O5S2/c1-27(11-16-22-17(26-32-16)12-7-9-13(31-2)10-8-12)34(29,30)20-25-24-19(33-20)23-18(28)14-5-3-4-6-15(14)21/h3-10H,11H2,1-2H3,(H,23,24,28). The van der Waals surface area contributed by atoms with E-state index in [2.05, 4.69) is 25.7 Å². The van der Waals surface area contributed by atoms with E-state index in [1.54, 1.807) is 49.6 Å². The molecular weight excluding hydrogens is 504 g/mol. The molecule has 1 amide bonds. The van der Waals surface area contributed by atoms with Gasteiger partial charge in [-0.2, -0.15) is 9.29 Å². The number of carbonyl (C=O) groups excluding carboxylic acids is 1. The largest absolute Gasteiger partial charge is 0.497 e. The first-order valence-corrected chi connectivity index (χ1v) is 12.2. The van der Waals surface area contributed by atoms with Crippen molar-refractivity contribution in [2.75, 3.05) is 19.5 Å². The molecule has 0 saturated heterocycles. The molecule has 4 aromatic rings. The summed E-state index contributed by atoms with van der Waals surface area (Å²) in [5, 5.41) is 14.1. The van der Waals surface area contributed by atoms with Crippen molar-refractivity contribution in [3.8, 4) is 17.1 Å². The van der Waals surface area contributed by atoms with E-state index in [0.29, 0.717) is 28.5 Å². The molecule has 2 aromatic carbocycles. The quantitative estimate of drug-likeness (QED) is 0.346. The Labute approximate surface area is 203 Å². The van der Waals surface area contributed by atoms with Crippen LogP contribution in [0, 0.1) is 0 Å². The number of nitrogens with one attached hydrogen (secondary N) is 1. The van der Waals surface area contributed by atoms with Crippen molar-refractivity contribution < 1.29 is 22.5 Å². The molecule has 0 atom stereocenters. The lowest BCUT2D eigenvalue weighted by molar-refractivity contribution is 0.102. The third-order valence-corrected chi connectivity index (χ3v) is 7.87. The molecule has 2 heterocycles. The van der Waals surface area contributed by atoms with Gasteiger partial charge in [-0.3, -0.25) is 10.1 Å². The van der Waals surface area contributed by atoms with E-state index in [-0.39, 0.29) is 32.5 Å². The fourth-order valence-electron chi connectivity index (χ4n) is 2.76. The molecule has 4 rings (SSSR count). The molecule has 0 spiro atoms. The van der Waals surface area contributed by atoms with E-state index in [9.17, 15) is 13.2 Å². The number of anilines is 1. The Morgan fingerprint density at radius 1 is 1.18 bits per heavy atom. The number of hydrogen-bond acceptors (Lipinski definition) is 10. The van der Waals surface area contributed by atoms with Gasteiger partial charge in [0.25, 0.3) is 15.9 Å². The monoisotopic (exact) mass is 520 g/mol. The van der Waals surface area contributed by atoms with Gasteiger partial charge in [0, 0.05) is 12.6 Å². The Morgan fingerprint density at radius 2 is 1.91 bits per heavy atom. The van der Waals surface area contributed by atoms with Crippen molar-refractivity contribution in [2.45, 2.75) is 10.9 Å². The van der Waals surface area contributed by atoms with Gasteiger partial charge in [-0.1, -0.05) is 40.2 Å². The Kier molecular flexibility index (Phi) is 6.88. The Bertz CT molecular complexity index is 1420. The number of rotatable bonds is 8. The lowest BCUT2D eigenvalue weighted by atomic mass is 10.2. The summed E-state index contributed by atoms with van der Waals surface area (Å²) in [7, 11) is -1.13. The molecule has 0 saturated carbocycles. The van der Waals surface area contributed by atoms with Crippen LogP contribution in [0.1, 0.15) is 16.2 Å². The lowest BCUT2D eigenvalue weighted by Crippen LogP contribution is -2.26. The second kappa shape index (κ2) is 9.85. The lowest BCUT2D eigenvalue weighted by Gasteiger charge is -2.11. The highest BCUT2D eigenvalue weighted by Gasteiger charge is 2.28. The third kappa shape index (κ3) is 5.07. The number of aromatic nitrogens is 4. The number of carbonyl (C=O) groups is 1. The van der Waals surface area contributed by atoms with Crippen LogP contribution in [-0.4, -0.2) is 53.1 Å². The zero-order valence-electron chi connectivity index (χ0n) is 17.8. The van der Waals surface area contributed by atoms with Gasteiger partial charge >= 0.3 is 0 Å². The van der Waals surface area contributed by atoms with E-state index in [1.807, 2.05) is 0 Å². The minimum atomic E-state index is -4.03. The molecule has 0 aliphatic carbocycles. The zero-order chi connectivity index (χ0) is 24.3. The van der Waals surface area contributed by atoms with Crippen LogP contribution >= 0.6 is 22.9 Å². The van der Waals surface area contributed by atoms with Crippen molar-refractivity contribution in [3.63, 3.8) is 0 Å². The van der Waals surface area contributed by atoms with E-state index in [0.717, 1.165) is 4.31 Å².